The minimum Gasteiger partial charge on any atom is -0.261 e. The second-order valence-electron chi connectivity index (χ2n) is 2.96. The fourth-order valence-electron chi connectivity index (χ4n) is 1.36. The molecule has 1 heteroatoms. The molecule has 1 aromatic rings. The summed E-state index contributed by atoms with van der Waals surface area (Å²) in [7, 11) is 0. The Bertz CT molecular complexity index is 324. The minimum atomic E-state index is 0.888. The average molecular weight is 173 g/mol. The van der Waals surface area contributed by atoms with E-state index in [1.807, 2.05) is 38.3 Å². The molecule has 0 unspecified atom stereocenters. The van der Waals surface area contributed by atoms with E-state index in [-0.39, 0.29) is 0 Å². The highest BCUT2D eigenvalue weighted by atomic mass is 14.7. The molecule has 1 rings (SSSR count). The molecule has 0 N–H and O–H groups in total. The summed E-state index contributed by atoms with van der Waals surface area (Å²) in [5, 5.41) is 0. The van der Waals surface area contributed by atoms with Gasteiger partial charge in [0.15, 0.2) is 0 Å². The lowest BCUT2D eigenvalue weighted by atomic mass is 10.0. The Morgan fingerprint density at radius 3 is 2.92 bits per heavy atom. The van der Waals surface area contributed by atoms with Gasteiger partial charge in [0.25, 0.3) is 0 Å². The van der Waals surface area contributed by atoms with Crippen molar-refractivity contribution in [3.8, 4) is 0 Å². The van der Waals surface area contributed by atoms with E-state index >= 15 is 0 Å². The monoisotopic (exact) mass is 173 g/mol. The van der Waals surface area contributed by atoms with Gasteiger partial charge in [-0.3, -0.25) is 4.98 Å². The van der Waals surface area contributed by atoms with Gasteiger partial charge >= 0.3 is 0 Å². The Morgan fingerprint density at radius 1 is 1.54 bits per heavy atom. The largest absolute Gasteiger partial charge is 0.261 e. The van der Waals surface area contributed by atoms with Gasteiger partial charge in [-0.05, 0) is 37.5 Å². The normalized spacial score (nSPS) is 10.6. The lowest BCUT2D eigenvalue weighted by molar-refractivity contribution is 1.10. The molecule has 0 fully saturated rings. The van der Waals surface area contributed by atoms with Crippen LogP contribution in [0.25, 0.3) is 6.08 Å². The van der Waals surface area contributed by atoms with Crippen LogP contribution < -0.4 is 0 Å². The first-order valence-corrected chi connectivity index (χ1v) is 4.47. The van der Waals surface area contributed by atoms with Crippen LogP contribution in [0.3, 0.4) is 0 Å². The zero-order valence-electron chi connectivity index (χ0n) is 8.25. The van der Waals surface area contributed by atoms with Crippen LogP contribution >= 0.6 is 0 Å². The highest BCUT2D eigenvalue weighted by Crippen LogP contribution is 2.14. The molecule has 1 aromatic heterocycles. The van der Waals surface area contributed by atoms with Crippen molar-refractivity contribution in [2.45, 2.75) is 20.3 Å². The second-order valence-corrected chi connectivity index (χ2v) is 2.96. The Hall–Kier alpha value is -1.37. The van der Waals surface area contributed by atoms with Gasteiger partial charge in [-0.1, -0.05) is 18.2 Å². The molecular weight excluding hydrogens is 158 g/mol. The summed E-state index contributed by atoms with van der Waals surface area (Å²) in [6.07, 6.45) is 8.79. The molecule has 0 aliphatic rings. The molecule has 0 aromatic carbocycles. The van der Waals surface area contributed by atoms with E-state index in [1.165, 1.54) is 11.1 Å². The first-order valence-electron chi connectivity index (χ1n) is 4.47. The first-order chi connectivity index (χ1) is 6.29. The minimum absolute atomic E-state index is 0.888. The number of aromatic nitrogens is 1. The molecule has 0 bridgehead atoms. The molecule has 0 amide bonds. The maximum absolute atomic E-state index is 4.26. The van der Waals surface area contributed by atoms with Gasteiger partial charge < -0.3 is 0 Å². The molecular formula is C12H15N. The first kappa shape index (κ1) is 9.72. The van der Waals surface area contributed by atoms with Crippen molar-refractivity contribution in [3.05, 3.63) is 47.8 Å². The number of aryl methyl sites for hydroxylation is 1. The van der Waals surface area contributed by atoms with Crippen LogP contribution in [0.4, 0.5) is 0 Å². The van der Waals surface area contributed by atoms with Gasteiger partial charge in [-0.2, -0.15) is 0 Å². The van der Waals surface area contributed by atoms with E-state index in [4.69, 9.17) is 0 Å². The van der Waals surface area contributed by atoms with Crippen molar-refractivity contribution in [1.82, 2.24) is 4.98 Å². The zero-order valence-corrected chi connectivity index (χ0v) is 8.25. The van der Waals surface area contributed by atoms with Crippen LogP contribution in [0.1, 0.15) is 23.7 Å². The van der Waals surface area contributed by atoms with Crippen molar-refractivity contribution in [1.29, 1.82) is 0 Å². The molecule has 0 saturated carbocycles. The van der Waals surface area contributed by atoms with Gasteiger partial charge in [0, 0.05) is 11.9 Å². The van der Waals surface area contributed by atoms with Crippen LogP contribution in [0.2, 0.25) is 0 Å². The predicted molar refractivity (Wildman–Crippen MR) is 57.6 cm³/mol. The highest BCUT2D eigenvalue weighted by molar-refractivity contribution is 5.54. The van der Waals surface area contributed by atoms with Crippen LogP contribution in [0.15, 0.2) is 31.0 Å². The lowest BCUT2D eigenvalue weighted by Crippen LogP contribution is -1.94. The molecule has 0 aliphatic carbocycles. The predicted octanol–water partition coefficient (Wildman–Crippen LogP) is 3.15. The molecule has 0 atom stereocenters. The summed E-state index contributed by atoms with van der Waals surface area (Å²) in [6.45, 7) is 7.80. The molecule has 13 heavy (non-hydrogen) atoms. The van der Waals surface area contributed by atoms with Gasteiger partial charge in [-0.25, -0.2) is 0 Å². The number of nitrogens with zero attached hydrogens (tertiary/aromatic N) is 1. The van der Waals surface area contributed by atoms with Gasteiger partial charge in [0.1, 0.15) is 0 Å². The molecule has 68 valence electrons. The van der Waals surface area contributed by atoms with Crippen molar-refractivity contribution in [2.24, 2.45) is 0 Å². The Balaban J connectivity index is 3.16. The highest BCUT2D eigenvalue weighted by Gasteiger charge is 2.01. The fourth-order valence-corrected chi connectivity index (χ4v) is 1.36. The fraction of sp³-hybridized carbons (Fsp3) is 0.250. The molecule has 1 nitrogen and oxygen atoms in total. The molecule has 1 heterocycles. The van der Waals surface area contributed by atoms with Gasteiger partial charge in [0.05, 0.1) is 0 Å². The molecule has 0 saturated heterocycles. The number of pyridine rings is 1. The van der Waals surface area contributed by atoms with E-state index in [9.17, 15) is 0 Å². The SMILES string of the molecule is C=CCc1c(/C=C\C)ccnc1C. The zero-order chi connectivity index (χ0) is 9.68. The Kier molecular flexibility index (Phi) is 3.44. The van der Waals surface area contributed by atoms with E-state index in [0.29, 0.717) is 0 Å². The van der Waals surface area contributed by atoms with Crippen molar-refractivity contribution in [3.63, 3.8) is 0 Å². The summed E-state index contributed by atoms with van der Waals surface area (Å²) < 4.78 is 0. The third-order valence-electron chi connectivity index (χ3n) is 2.00. The summed E-state index contributed by atoms with van der Waals surface area (Å²) in [4.78, 5) is 4.26. The molecule has 0 spiro atoms. The van der Waals surface area contributed by atoms with E-state index in [1.54, 1.807) is 0 Å². The summed E-state index contributed by atoms with van der Waals surface area (Å²) in [6, 6.07) is 2.03. The number of hydrogen-bond acceptors (Lipinski definition) is 1. The van der Waals surface area contributed by atoms with E-state index in [0.717, 1.165) is 12.1 Å². The van der Waals surface area contributed by atoms with Crippen molar-refractivity contribution < 1.29 is 0 Å². The topological polar surface area (TPSA) is 12.9 Å². The summed E-state index contributed by atoms with van der Waals surface area (Å²) in [5.74, 6) is 0. The van der Waals surface area contributed by atoms with Crippen LogP contribution in [0, 0.1) is 6.92 Å². The Morgan fingerprint density at radius 2 is 2.31 bits per heavy atom. The smallest absolute Gasteiger partial charge is 0.0413 e. The van der Waals surface area contributed by atoms with Crippen molar-refractivity contribution in [2.75, 3.05) is 0 Å². The quantitative estimate of drug-likeness (QED) is 0.640. The number of rotatable bonds is 3. The summed E-state index contributed by atoms with van der Waals surface area (Å²) >= 11 is 0. The standard InChI is InChI=1S/C12H15N/c1-4-6-11-8-9-13-10(3)12(11)7-5-2/h4-6,8-9H,2,7H2,1,3H3/b6-4-. The van der Waals surface area contributed by atoms with E-state index in [2.05, 4.69) is 17.6 Å². The Labute approximate surface area is 79.8 Å². The lowest BCUT2D eigenvalue weighted by Gasteiger charge is -2.05. The maximum Gasteiger partial charge on any atom is 0.0413 e. The van der Waals surface area contributed by atoms with Crippen LogP contribution in [-0.2, 0) is 6.42 Å². The molecule has 0 radical (unpaired) electrons. The number of hydrogen-bond donors (Lipinski definition) is 0. The van der Waals surface area contributed by atoms with Gasteiger partial charge in [0.2, 0.25) is 0 Å². The third kappa shape index (κ3) is 2.28. The molecule has 0 aliphatic heterocycles. The number of allylic oxidation sites excluding steroid dienone is 2. The van der Waals surface area contributed by atoms with Gasteiger partial charge in [-0.15, -0.1) is 6.58 Å². The van der Waals surface area contributed by atoms with E-state index < -0.39 is 0 Å². The van der Waals surface area contributed by atoms with Crippen molar-refractivity contribution >= 4 is 6.08 Å². The second kappa shape index (κ2) is 4.61. The van der Waals surface area contributed by atoms with Crippen LogP contribution in [0.5, 0.6) is 0 Å². The average Bonchev–Trinajstić information content (AvgIpc) is 2.11. The third-order valence-corrected chi connectivity index (χ3v) is 2.00. The maximum atomic E-state index is 4.26. The van der Waals surface area contributed by atoms with Crippen LogP contribution in [-0.4, -0.2) is 4.98 Å². The summed E-state index contributed by atoms with van der Waals surface area (Å²) in [5.41, 5.74) is 3.61.